The van der Waals surface area contributed by atoms with Crippen LogP contribution in [0.4, 0.5) is 5.69 Å². The quantitative estimate of drug-likeness (QED) is 0.861. The molecule has 1 aliphatic heterocycles. The number of amides is 2. The van der Waals surface area contributed by atoms with Crippen molar-refractivity contribution in [1.82, 2.24) is 5.32 Å². The Hall–Kier alpha value is -1.84. The highest BCUT2D eigenvalue weighted by atomic mass is 16.2. The first kappa shape index (κ1) is 12.6. The van der Waals surface area contributed by atoms with Crippen LogP contribution in [0.25, 0.3) is 0 Å². The molecule has 1 fully saturated rings. The molecule has 0 aliphatic carbocycles. The van der Waals surface area contributed by atoms with Crippen LogP contribution in [0.1, 0.15) is 20.8 Å². The van der Waals surface area contributed by atoms with Crippen LogP contribution in [0.15, 0.2) is 30.3 Å². The van der Waals surface area contributed by atoms with E-state index in [9.17, 15) is 9.59 Å². The predicted octanol–water partition coefficient (Wildman–Crippen LogP) is 1.56. The molecule has 0 bridgehead atoms. The van der Waals surface area contributed by atoms with Crippen LogP contribution in [0.2, 0.25) is 0 Å². The highest BCUT2D eigenvalue weighted by molar-refractivity contribution is 6.08. The average Bonchev–Trinajstić information content (AvgIpc) is 2.34. The standard InChI is InChI=1S/C14H18N2O2/c1-9(2)12-13(17)15-10(3)14(18)16(12)11-7-5-4-6-8-11/h4-10,12H,1-3H3,(H,15,17). The summed E-state index contributed by atoms with van der Waals surface area (Å²) in [5, 5.41) is 2.73. The summed E-state index contributed by atoms with van der Waals surface area (Å²) in [6, 6.07) is 8.46. The zero-order chi connectivity index (χ0) is 13.3. The van der Waals surface area contributed by atoms with Crippen molar-refractivity contribution in [3.05, 3.63) is 30.3 Å². The second-order valence-corrected chi connectivity index (χ2v) is 4.96. The highest BCUT2D eigenvalue weighted by Gasteiger charge is 2.40. The molecule has 1 heterocycles. The van der Waals surface area contributed by atoms with E-state index in [0.29, 0.717) is 0 Å². The summed E-state index contributed by atoms with van der Waals surface area (Å²) in [6.07, 6.45) is 0. The fraction of sp³-hybridized carbons (Fsp3) is 0.429. The monoisotopic (exact) mass is 246 g/mol. The molecule has 18 heavy (non-hydrogen) atoms. The van der Waals surface area contributed by atoms with Gasteiger partial charge in [0, 0.05) is 5.69 Å². The molecular weight excluding hydrogens is 228 g/mol. The Bertz CT molecular complexity index is 456. The van der Waals surface area contributed by atoms with Gasteiger partial charge in [0.2, 0.25) is 11.8 Å². The molecule has 0 saturated carbocycles. The largest absolute Gasteiger partial charge is 0.343 e. The lowest BCUT2D eigenvalue weighted by Crippen LogP contribution is -2.64. The molecule has 1 aromatic rings. The van der Waals surface area contributed by atoms with Gasteiger partial charge in [0.25, 0.3) is 0 Å². The predicted molar refractivity (Wildman–Crippen MR) is 70.2 cm³/mol. The topological polar surface area (TPSA) is 49.4 Å². The van der Waals surface area contributed by atoms with Crippen LogP contribution in [0, 0.1) is 5.92 Å². The zero-order valence-corrected chi connectivity index (χ0v) is 10.9. The van der Waals surface area contributed by atoms with E-state index in [1.165, 1.54) is 0 Å². The fourth-order valence-corrected chi connectivity index (χ4v) is 2.30. The second kappa shape index (κ2) is 4.80. The van der Waals surface area contributed by atoms with E-state index in [1.54, 1.807) is 11.8 Å². The maximum Gasteiger partial charge on any atom is 0.250 e. The van der Waals surface area contributed by atoms with E-state index in [1.807, 2.05) is 44.2 Å². The first-order valence-corrected chi connectivity index (χ1v) is 6.21. The van der Waals surface area contributed by atoms with Crippen LogP contribution in [-0.4, -0.2) is 23.9 Å². The first-order chi connectivity index (χ1) is 8.52. The van der Waals surface area contributed by atoms with Gasteiger partial charge >= 0.3 is 0 Å². The van der Waals surface area contributed by atoms with Gasteiger partial charge in [-0.1, -0.05) is 32.0 Å². The SMILES string of the molecule is CC1NC(=O)C(C(C)C)N(c2ccccc2)C1=O. The first-order valence-electron chi connectivity index (χ1n) is 6.21. The number of nitrogens with zero attached hydrogens (tertiary/aromatic N) is 1. The lowest BCUT2D eigenvalue weighted by molar-refractivity contribution is -0.134. The van der Waals surface area contributed by atoms with Gasteiger partial charge in [-0.15, -0.1) is 0 Å². The highest BCUT2D eigenvalue weighted by Crippen LogP contribution is 2.24. The molecule has 2 rings (SSSR count). The Morgan fingerprint density at radius 2 is 1.78 bits per heavy atom. The Kier molecular flexibility index (Phi) is 3.36. The van der Waals surface area contributed by atoms with E-state index in [4.69, 9.17) is 0 Å². The van der Waals surface area contributed by atoms with E-state index in [2.05, 4.69) is 5.32 Å². The smallest absolute Gasteiger partial charge is 0.250 e. The average molecular weight is 246 g/mol. The van der Waals surface area contributed by atoms with Crippen molar-refractivity contribution in [1.29, 1.82) is 0 Å². The summed E-state index contributed by atoms with van der Waals surface area (Å²) in [5.41, 5.74) is 0.780. The molecule has 0 aromatic heterocycles. The number of hydrogen-bond donors (Lipinski definition) is 1. The van der Waals surface area contributed by atoms with Crippen LogP contribution in [0.5, 0.6) is 0 Å². The fourth-order valence-electron chi connectivity index (χ4n) is 2.30. The number of anilines is 1. The lowest BCUT2D eigenvalue weighted by Gasteiger charge is -2.39. The summed E-state index contributed by atoms with van der Waals surface area (Å²) < 4.78 is 0. The molecule has 1 N–H and O–H groups in total. The van der Waals surface area contributed by atoms with Crippen molar-refractivity contribution in [2.24, 2.45) is 5.92 Å². The molecule has 1 saturated heterocycles. The number of para-hydroxylation sites is 1. The maximum absolute atomic E-state index is 12.3. The van der Waals surface area contributed by atoms with Gasteiger partial charge in [0.15, 0.2) is 0 Å². The van der Waals surface area contributed by atoms with Crippen molar-refractivity contribution in [3.8, 4) is 0 Å². The maximum atomic E-state index is 12.3. The third-order valence-electron chi connectivity index (χ3n) is 3.18. The number of carbonyl (C=O) groups excluding carboxylic acids is 2. The van der Waals surface area contributed by atoms with Crippen molar-refractivity contribution in [2.45, 2.75) is 32.9 Å². The minimum absolute atomic E-state index is 0.0560. The van der Waals surface area contributed by atoms with Crippen molar-refractivity contribution >= 4 is 17.5 Å². The molecule has 4 nitrogen and oxygen atoms in total. The van der Waals surface area contributed by atoms with Crippen LogP contribution in [-0.2, 0) is 9.59 Å². The van der Waals surface area contributed by atoms with Gasteiger partial charge in [-0.25, -0.2) is 0 Å². The van der Waals surface area contributed by atoms with Crippen LogP contribution >= 0.6 is 0 Å². The third-order valence-corrected chi connectivity index (χ3v) is 3.18. The van der Waals surface area contributed by atoms with Gasteiger partial charge in [-0.3, -0.25) is 14.5 Å². The number of benzene rings is 1. The Morgan fingerprint density at radius 3 is 2.33 bits per heavy atom. The molecule has 4 heteroatoms. The van der Waals surface area contributed by atoms with E-state index in [-0.39, 0.29) is 17.7 Å². The Morgan fingerprint density at radius 1 is 1.17 bits per heavy atom. The van der Waals surface area contributed by atoms with Crippen molar-refractivity contribution in [3.63, 3.8) is 0 Å². The number of hydrogen-bond acceptors (Lipinski definition) is 2. The molecule has 1 aromatic carbocycles. The lowest BCUT2D eigenvalue weighted by atomic mass is 9.96. The Balaban J connectivity index is 2.43. The van der Waals surface area contributed by atoms with Crippen LogP contribution in [0.3, 0.4) is 0 Å². The summed E-state index contributed by atoms with van der Waals surface area (Å²) in [5.74, 6) is -0.0675. The molecule has 1 aliphatic rings. The van der Waals surface area contributed by atoms with Gasteiger partial charge in [0.05, 0.1) is 0 Å². The van der Waals surface area contributed by atoms with Crippen molar-refractivity contribution in [2.75, 3.05) is 4.90 Å². The molecule has 2 amide bonds. The zero-order valence-electron chi connectivity index (χ0n) is 10.9. The van der Waals surface area contributed by atoms with Gasteiger partial charge in [-0.05, 0) is 25.0 Å². The van der Waals surface area contributed by atoms with Crippen molar-refractivity contribution < 1.29 is 9.59 Å². The van der Waals surface area contributed by atoms with E-state index in [0.717, 1.165) is 5.69 Å². The summed E-state index contributed by atoms with van der Waals surface area (Å²) >= 11 is 0. The minimum Gasteiger partial charge on any atom is -0.343 e. The summed E-state index contributed by atoms with van der Waals surface area (Å²) in [6.45, 7) is 5.61. The number of nitrogens with one attached hydrogen (secondary N) is 1. The Labute approximate surface area is 107 Å². The number of rotatable bonds is 2. The molecule has 2 unspecified atom stereocenters. The second-order valence-electron chi connectivity index (χ2n) is 4.96. The summed E-state index contributed by atoms with van der Waals surface area (Å²) in [4.78, 5) is 26.0. The molecule has 0 radical (unpaired) electrons. The summed E-state index contributed by atoms with van der Waals surface area (Å²) in [7, 11) is 0. The third kappa shape index (κ3) is 2.10. The van der Waals surface area contributed by atoms with E-state index < -0.39 is 12.1 Å². The number of carbonyl (C=O) groups is 2. The number of piperazine rings is 1. The minimum atomic E-state index is -0.465. The normalized spacial score (nSPS) is 24.3. The molecule has 0 spiro atoms. The van der Waals surface area contributed by atoms with Gasteiger partial charge < -0.3 is 5.32 Å². The van der Waals surface area contributed by atoms with Crippen LogP contribution < -0.4 is 10.2 Å². The van der Waals surface area contributed by atoms with E-state index >= 15 is 0 Å². The molecule has 96 valence electrons. The van der Waals surface area contributed by atoms with Gasteiger partial charge in [-0.2, -0.15) is 0 Å². The molecular formula is C14H18N2O2. The van der Waals surface area contributed by atoms with Gasteiger partial charge in [0.1, 0.15) is 12.1 Å². The molecule has 2 atom stereocenters.